The molecule has 2 heterocycles. The molecule has 21 heavy (non-hydrogen) atoms. The van der Waals surface area contributed by atoms with Crippen LogP contribution in [0.4, 0.5) is 0 Å². The maximum absolute atomic E-state index is 11.8. The van der Waals surface area contributed by atoms with Gasteiger partial charge in [-0.2, -0.15) is 0 Å². The van der Waals surface area contributed by atoms with Crippen LogP contribution in [-0.2, 0) is 16.4 Å². The molecule has 8 nitrogen and oxygen atoms in total. The normalized spacial score (nSPS) is 13.3. The SMILES string of the molecule is CCCc1cc(C(C)O)nc(S(N)(=O)=O)c1-c1nnco1. The highest BCUT2D eigenvalue weighted by Crippen LogP contribution is 2.30. The van der Waals surface area contributed by atoms with Crippen LogP contribution in [-0.4, -0.2) is 28.7 Å². The third kappa shape index (κ3) is 3.26. The molecule has 0 aliphatic heterocycles. The fourth-order valence-electron chi connectivity index (χ4n) is 1.99. The number of primary sulfonamides is 1. The van der Waals surface area contributed by atoms with E-state index in [-0.39, 0.29) is 22.2 Å². The van der Waals surface area contributed by atoms with Gasteiger partial charge in [-0.25, -0.2) is 18.5 Å². The van der Waals surface area contributed by atoms with Crippen molar-refractivity contribution in [2.45, 2.75) is 37.8 Å². The Morgan fingerprint density at radius 2 is 2.19 bits per heavy atom. The molecule has 0 aliphatic carbocycles. The highest BCUT2D eigenvalue weighted by Gasteiger charge is 2.25. The first-order chi connectivity index (χ1) is 9.84. The summed E-state index contributed by atoms with van der Waals surface area (Å²) >= 11 is 0. The van der Waals surface area contributed by atoms with Crippen LogP contribution >= 0.6 is 0 Å². The van der Waals surface area contributed by atoms with E-state index in [1.54, 1.807) is 6.07 Å². The van der Waals surface area contributed by atoms with Gasteiger partial charge in [-0.15, -0.1) is 10.2 Å². The highest BCUT2D eigenvalue weighted by molar-refractivity contribution is 7.89. The van der Waals surface area contributed by atoms with E-state index in [0.717, 1.165) is 12.8 Å². The van der Waals surface area contributed by atoms with E-state index < -0.39 is 16.1 Å². The fourth-order valence-corrected chi connectivity index (χ4v) is 2.73. The van der Waals surface area contributed by atoms with E-state index in [4.69, 9.17) is 9.56 Å². The molecule has 0 saturated heterocycles. The van der Waals surface area contributed by atoms with Crippen LogP contribution in [0, 0.1) is 0 Å². The third-order valence-electron chi connectivity index (χ3n) is 2.88. The summed E-state index contributed by atoms with van der Waals surface area (Å²) < 4.78 is 28.7. The summed E-state index contributed by atoms with van der Waals surface area (Å²) in [6.07, 6.45) is 1.50. The van der Waals surface area contributed by atoms with Gasteiger partial charge in [0.05, 0.1) is 17.4 Å². The van der Waals surface area contributed by atoms with Gasteiger partial charge in [-0.05, 0) is 25.0 Å². The number of hydrogen-bond donors (Lipinski definition) is 2. The maximum Gasteiger partial charge on any atom is 0.256 e. The molecule has 0 fully saturated rings. The smallest absolute Gasteiger partial charge is 0.256 e. The van der Waals surface area contributed by atoms with Crippen molar-refractivity contribution in [1.29, 1.82) is 0 Å². The second-order valence-corrected chi connectivity index (χ2v) is 6.08. The van der Waals surface area contributed by atoms with E-state index >= 15 is 0 Å². The van der Waals surface area contributed by atoms with Gasteiger partial charge < -0.3 is 9.52 Å². The lowest BCUT2D eigenvalue weighted by atomic mass is 10.0. The Hall–Kier alpha value is -1.84. The monoisotopic (exact) mass is 312 g/mol. The zero-order chi connectivity index (χ0) is 15.6. The molecule has 1 unspecified atom stereocenters. The molecule has 0 radical (unpaired) electrons. The Balaban J connectivity index is 2.81. The molecule has 0 aromatic carbocycles. The average molecular weight is 312 g/mol. The van der Waals surface area contributed by atoms with Crippen molar-refractivity contribution in [3.05, 3.63) is 23.7 Å². The summed E-state index contributed by atoms with van der Waals surface area (Å²) in [6.45, 7) is 3.44. The summed E-state index contributed by atoms with van der Waals surface area (Å²) in [5, 5.41) is 21.8. The predicted molar refractivity (Wildman–Crippen MR) is 73.5 cm³/mol. The molecule has 0 saturated carbocycles. The number of hydrogen-bond acceptors (Lipinski definition) is 7. The molecule has 114 valence electrons. The molecular formula is C12H16N4O4S. The molecule has 0 bridgehead atoms. The van der Waals surface area contributed by atoms with Gasteiger partial charge in [0.15, 0.2) is 5.03 Å². The minimum absolute atomic E-state index is 0.0344. The summed E-state index contributed by atoms with van der Waals surface area (Å²) in [5.74, 6) is 0.0344. The van der Waals surface area contributed by atoms with Crippen LogP contribution < -0.4 is 5.14 Å². The first kappa shape index (κ1) is 15.5. The molecule has 9 heteroatoms. The van der Waals surface area contributed by atoms with Crippen LogP contribution in [0.1, 0.15) is 37.6 Å². The summed E-state index contributed by atoms with van der Waals surface area (Å²) in [6, 6.07) is 1.63. The van der Waals surface area contributed by atoms with Gasteiger partial charge in [0.2, 0.25) is 6.39 Å². The molecule has 1 atom stereocenters. The third-order valence-corrected chi connectivity index (χ3v) is 3.71. The van der Waals surface area contributed by atoms with Crippen LogP contribution in [0.5, 0.6) is 0 Å². The number of aliphatic hydroxyl groups excluding tert-OH is 1. The number of nitrogens with two attached hydrogens (primary N) is 1. The van der Waals surface area contributed by atoms with Crippen LogP contribution in [0.25, 0.3) is 11.5 Å². The van der Waals surface area contributed by atoms with E-state index in [1.807, 2.05) is 6.92 Å². The van der Waals surface area contributed by atoms with Gasteiger partial charge >= 0.3 is 0 Å². The molecule has 2 aromatic heterocycles. The Labute approximate surface area is 122 Å². The first-order valence-corrected chi connectivity index (χ1v) is 7.90. The second kappa shape index (κ2) is 5.88. The van der Waals surface area contributed by atoms with Gasteiger partial charge in [-0.3, -0.25) is 0 Å². The van der Waals surface area contributed by atoms with E-state index in [0.29, 0.717) is 12.0 Å². The Kier molecular flexibility index (Phi) is 4.35. The quantitative estimate of drug-likeness (QED) is 0.833. The van der Waals surface area contributed by atoms with Crippen molar-refractivity contribution in [3.8, 4) is 11.5 Å². The zero-order valence-electron chi connectivity index (χ0n) is 11.6. The number of aliphatic hydroxyl groups is 1. The van der Waals surface area contributed by atoms with Crippen molar-refractivity contribution in [3.63, 3.8) is 0 Å². The van der Waals surface area contributed by atoms with Crippen molar-refractivity contribution < 1.29 is 17.9 Å². The first-order valence-electron chi connectivity index (χ1n) is 6.35. The zero-order valence-corrected chi connectivity index (χ0v) is 12.5. The van der Waals surface area contributed by atoms with Gasteiger partial charge in [0.1, 0.15) is 0 Å². The lowest BCUT2D eigenvalue weighted by Gasteiger charge is -2.13. The van der Waals surface area contributed by atoms with Crippen LogP contribution in [0.2, 0.25) is 0 Å². The molecule has 0 amide bonds. The number of sulfonamides is 1. The lowest BCUT2D eigenvalue weighted by Crippen LogP contribution is -2.18. The van der Waals surface area contributed by atoms with Gasteiger partial charge in [0, 0.05) is 0 Å². The van der Waals surface area contributed by atoms with E-state index in [1.165, 1.54) is 6.92 Å². The minimum atomic E-state index is -4.11. The topological polar surface area (TPSA) is 132 Å². The number of aryl methyl sites for hydroxylation is 1. The van der Waals surface area contributed by atoms with Crippen molar-refractivity contribution in [1.82, 2.24) is 15.2 Å². The standard InChI is InChI=1S/C12H16N4O4S/c1-3-4-8-5-9(7(2)17)15-12(21(13,18)19)10(8)11-16-14-6-20-11/h5-7,17H,3-4H2,1-2H3,(H2,13,18,19). The number of nitrogens with zero attached hydrogens (tertiary/aromatic N) is 3. The van der Waals surface area contributed by atoms with Crippen molar-refractivity contribution in [2.75, 3.05) is 0 Å². The summed E-state index contributed by atoms with van der Waals surface area (Å²) in [5.41, 5.74) is 1.06. The van der Waals surface area contributed by atoms with E-state index in [2.05, 4.69) is 15.2 Å². The molecule has 2 rings (SSSR count). The van der Waals surface area contributed by atoms with Gasteiger partial charge in [0.25, 0.3) is 15.9 Å². The maximum atomic E-state index is 11.8. The molecule has 0 aliphatic rings. The summed E-state index contributed by atoms with van der Waals surface area (Å²) in [7, 11) is -4.11. The molecule has 2 aromatic rings. The average Bonchev–Trinajstić information content (AvgIpc) is 2.90. The van der Waals surface area contributed by atoms with Crippen LogP contribution in [0.15, 0.2) is 21.9 Å². The van der Waals surface area contributed by atoms with Crippen LogP contribution in [0.3, 0.4) is 0 Å². The Morgan fingerprint density at radius 1 is 1.48 bits per heavy atom. The molecule has 3 N–H and O–H groups in total. The fraction of sp³-hybridized carbons (Fsp3) is 0.417. The second-order valence-electron chi connectivity index (χ2n) is 4.60. The Bertz CT molecular complexity index is 726. The van der Waals surface area contributed by atoms with Crippen molar-refractivity contribution in [2.24, 2.45) is 5.14 Å². The lowest BCUT2D eigenvalue weighted by molar-refractivity contribution is 0.193. The highest BCUT2D eigenvalue weighted by atomic mass is 32.2. The molecular weight excluding hydrogens is 296 g/mol. The number of rotatable bonds is 5. The van der Waals surface area contributed by atoms with Crippen molar-refractivity contribution >= 4 is 10.0 Å². The molecule has 0 spiro atoms. The number of pyridine rings is 1. The minimum Gasteiger partial charge on any atom is -0.423 e. The summed E-state index contributed by atoms with van der Waals surface area (Å²) in [4.78, 5) is 3.95. The predicted octanol–water partition coefficient (Wildman–Crippen LogP) is 0.785. The largest absolute Gasteiger partial charge is 0.423 e. The van der Waals surface area contributed by atoms with E-state index in [9.17, 15) is 13.5 Å². The van der Waals surface area contributed by atoms with Gasteiger partial charge in [-0.1, -0.05) is 13.3 Å². The number of aromatic nitrogens is 3. The Morgan fingerprint density at radius 3 is 2.67 bits per heavy atom.